The molecule has 0 spiro atoms. The van der Waals surface area contributed by atoms with E-state index >= 15 is 0 Å². The van der Waals surface area contributed by atoms with Crippen molar-refractivity contribution >= 4 is 7.82 Å². The summed E-state index contributed by atoms with van der Waals surface area (Å²) in [6.07, 6.45) is -6.40. The van der Waals surface area contributed by atoms with Crippen LogP contribution < -0.4 is 4.52 Å². The van der Waals surface area contributed by atoms with Gasteiger partial charge in [0.15, 0.2) is 0 Å². The Morgan fingerprint density at radius 1 is 0.833 bits per heavy atom. The van der Waals surface area contributed by atoms with Gasteiger partial charge in [0.05, 0.1) is 6.10 Å². The number of phosphoric ester groups is 1. The fraction of sp³-hybridized carbons (Fsp3) is 0.455. The van der Waals surface area contributed by atoms with E-state index in [2.05, 4.69) is 0 Å². The summed E-state index contributed by atoms with van der Waals surface area (Å²) in [5.41, 5.74) is -1.91. The summed E-state index contributed by atoms with van der Waals surface area (Å²) in [7, 11) is -4.79. The van der Waals surface area contributed by atoms with E-state index in [0.717, 1.165) is 6.42 Å². The summed E-state index contributed by atoms with van der Waals surface area (Å²) in [6, 6.07) is 9.20. The van der Waals surface area contributed by atoms with Gasteiger partial charge in [-0.2, -0.15) is 39.5 Å². The molecule has 0 aliphatic rings. The van der Waals surface area contributed by atoms with Crippen LogP contribution in [0.3, 0.4) is 0 Å². The van der Waals surface area contributed by atoms with Crippen molar-refractivity contribution in [3.63, 3.8) is 0 Å². The van der Waals surface area contributed by atoms with Crippen LogP contribution in [0.5, 0.6) is 5.75 Å². The van der Waals surface area contributed by atoms with E-state index in [9.17, 15) is 49.0 Å². The minimum Gasteiger partial charge on any atom is -0.404 e. The largest absolute Gasteiger partial charge is 0.528 e. The van der Waals surface area contributed by atoms with E-state index in [4.69, 9.17) is 9.05 Å². The normalized spacial score (nSPS) is 15.9. The molecule has 2 aromatic carbocycles. The van der Waals surface area contributed by atoms with Gasteiger partial charge in [-0.1, -0.05) is 68.7 Å². The third-order valence-electron chi connectivity index (χ3n) is 5.08. The van der Waals surface area contributed by atoms with Gasteiger partial charge in [-0.05, 0) is 24.1 Å². The summed E-state index contributed by atoms with van der Waals surface area (Å²) >= 11 is 0. The molecule has 2 atom stereocenters. The Morgan fingerprint density at radius 3 is 1.89 bits per heavy atom. The molecule has 4 nitrogen and oxygen atoms in total. The first-order valence-electron chi connectivity index (χ1n) is 10.5. The van der Waals surface area contributed by atoms with Crippen molar-refractivity contribution in [1.82, 2.24) is 0 Å². The van der Waals surface area contributed by atoms with E-state index in [1.807, 2.05) is 6.92 Å². The van der Waals surface area contributed by atoms with E-state index < -0.39 is 43.4 Å². The predicted octanol–water partition coefficient (Wildman–Crippen LogP) is 8.43. The molecule has 0 amide bonds. The van der Waals surface area contributed by atoms with E-state index in [0.29, 0.717) is 25.0 Å². The predicted molar refractivity (Wildman–Crippen MR) is 111 cm³/mol. The summed E-state index contributed by atoms with van der Waals surface area (Å²) in [4.78, 5) is 10.1. The third-order valence-corrected chi connectivity index (χ3v) is 6.05. The molecule has 2 aromatic rings. The number of phosphoric acid groups is 1. The topological polar surface area (TPSA) is 55.8 Å². The van der Waals surface area contributed by atoms with Crippen LogP contribution in [0.25, 0.3) is 0 Å². The Hall–Kier alpha value is -2.24. The van der Waals surface area contributed by atoms with Crippen LogP contribution in [0, 0.1) is 0 Å². The SMILES string of the molecule is CCCCCC(OP(=O)(O)Oc1ccccc1)c1ccc(C(F)(F)C(F)(F)C(F)(F)C(F)(F)F)cc1. The highest BCUT2D eigenvalue weighted by molar-refractivity contribution is 7.47. The number of halogens is 9. The summed E-state index contributed by atoms with van der Waals surface area (Å²) < 4.78 is 142. The lowest BCUT2D eigenvalue weighted by Crippen LogP contribution is -2.59. The number of unbranched alkanes of at least 4 members (excludes halogenated alkanes) is 2. The first kappa shape index (κ1) is 30.0. The van der Waals surface area contributed by atoms with Crippen LogP contribution in [0.15, 0.2) is 54.6 Å². The van der Waals surface area contributed by atoms with Gasteiger partial charge in [0.1, 0.15) is 5.75 Å². The molecule has 0 aromatic heterocycles. The molecule has 2 rings (SSSR count). The van der Waals surface area contributed by atoms with E-state index in [1.165, 1.54) is 24.3 Å². The van der Waals surface area contributed by atoms with Gasteiger partial charge in [-0.25, -0.2) is 4.57 Å². The molecular weight excluding hydrogens is 530 g/mol. The summed E-state index contributed by atoms with van der Waals surface area (Å²) in [6.45, 7) is 1.85. The molecule has 0 fully saturated rings. The first-order chi connectivity index (χ1) is 16.5. The first-order valence-corrected chi connectivity index (χ1v) is 12.0. The second-order valence-corrected chi connectivity index (χ2v) is 9.14. The lowest BCUT2D eigenvalue weighted by Gasteiger charge is -2.34. The third kappa shape index (κ3) is 6.54. The Balaban J connectivity index is 2.33. The van der Waals surface area contributed by atoms with Crippen LogP contribution in [0.4, 0.5) is 39.5 Å². The second kappa shape index (κ2) is 11.0. The van der Waals surface area contributed by atoms with Gasteiger partial charge in [-0.15, -0.1) is 0 Å². The van der Waals surface area contributed by atoms with Crippen molar-refractivity contribution in [2.75, 3.05) is 0 Å². The van der Waals surface area contributed by atoms with Crippen LogP contribution in [0.1, 0.15) is 49.8 Å². The second-order valence-electron chi connectivity index (χ2n) is 7.81. The zero-order valence-corrected chi connectivity index (χ0v) is 19.5. The highest BCUT2D eigenvalue weighted by Crippen LogP contribution is 2.57. The maximum Gasteiger partial charge on any atom is 0.528 e. The average Bonchev–Trinajstić information content (AvgIpc) is 2.78. The molecule has 202 valence electrons. The van der Waals surface area contributed by atoms with Gasteiger partial charge < -0.3 is 4.52 Å². The van der Waals surface area contributed by atoms with E-state index in [-0.39, 0.29) is 29.9 Å². The Kier molecular flexibility index (Phi) is 9.18. The van der Waals surface area contributed by atoms with E-state index in [1.54, 1.807) is 6.07 Å². The molecule has 0 aliphatic carbocycles. The highest BCUT2D eigenvalue weighted by Gasteiger charge is 2.82. The van der Waals surface area contributed by atoms with Crippen molar-refractivity contribution in [1.29, 1.82) is 0 Å². The van der Waals surface area contributed by atoms with Crippen LogP contribution >= 0.6 is 7.82 Å². The van der Waals surface area contributed by atoms with Gasteiger partial charge in [-0.3, -0.25) is 9.42 Å². The minimum absolute atomic E-state index is 0.0292. The number of hydrogen-bond acceptors (Lipinski definition) is 3. The molecule has 0 saturated heterocycles. The van der Waals surface area contributed by atoms with Crippen molar-refractivity contribution < 1.29 is 58.0 Å². The van der Waals surface area contributed by atoms with Crippen LogP contribution in [-0.2, 0) is 15.0 Å². The van der Waals surface area contributed by atoms with Gasteiger partial charge in [0.25, 0.3) is 0 Å². The Morgan fingerprint density at radius 2 is 1.39 bits per heavy atom. The molecule has 0 radical (unpaired) electrons. The fourth-order valence-corrected chi connectivity index (χ4v) is 4.10. The maximum atomic E-state index is 14.2. The summed E-state index contributed by atoms with van der Waals surface area (Å²) in [5.74, 6) is -19.8. The zero-order chi connectivity index (χ0) is 27.4. The van der Waals surface area contributed by atoms with Crippen molar-refractivity contribution in [2.45, 2.75) is 62.7 Å². The van der Waals surface area contributed by atoms with Crippen LogP contribution in [0.2, 0.25) is 0 Å². The quantitative estimate of drug-likeness (QED) is 0.163. The lowest BCUT2D eigenvalue weighted by molar-refractivity contribution is -0.399. The summed E-state index contributed by atoms with van der Waals surface area (Å²) in [5, 5.41) is 0. The van der Waals surface area contributed by atoms with Crippen LogP contribution in [-0.4, -0.2) is 22.9 Å². The highest BCUT2D eigenvalue weighted by atomic mass is 31.2. The van der Waals surface area contributed by atoms with Crippen molar-refractivity contribution in [3.8, 4) is 5.75 Å². The fourth-order valence-electron chi connectivity index (χ4n) is 3.12. The monoisotopic (exact) mass is 552 g/mol. The van der Waals surface area contributed by atoms with Crippen molar-refractivity contribution in [2.24, 2.45) is 0 Å². The van der Waals surface area contributed by atoms with Crippen molar-refractivity contribution in [3.05, 3.63) is 65.7 Å². The molecule has 36 heavy (non-hydrogen) atoms. The number of rotatable bonds is 12. The van der Waals surface area contributed by atoms with Gasteiger partial charge in [0, 0.05) is 5.56 Å². The molecule has 1 N–H and O–H groups in total. The number of benzene rings is 2. The molecule has 0 saturated carbocycles. The number of hydrogen-bond donors (Lipinski definition) is 1. The molecule has 0 bridgehead atoms. The standard InChI is InChI=1S/C22H22F9O4P/c1-2-3-5-10-18(35-36(32,33)34-17-8-6-4-7-9-17)15-11-13-16(14-12-15)19(23,24)20(25,26)21(27,28)22(29,30)31/h4,6-9,11-14,18H,2-3,5,10H2,1H3,(H,32,33). The Labute approximate surface area is 200 Å². The zero-order valence-electron chi connectivity index (χ0n) is 18.6. The minimum atomic E-state index is -7.02. The molecule has 0 aliphatic heterocycles. The average molecular weight is 552 g/mol. The Bertz CT molecular complexity index is 1030. The molecular formula is C22H22F9O4P. The molecule has 0 heterocycles. The smallest absolute Gasteiger partial charge is 0.404 e. The molecule has 2 unspecified atom stereocenters. The molecule has 14 heteroatoms. The lowest BCUT2D eigenvalue weighted by atomic mass is 9.94. The number of para-hydroxylation sites is 1. The maximum absolute atomic E-state index is 14.2. The van der Waals surface area contributed by atoms with Gasteiger partial charge in [0.2, 0.25) is 0 Å². The number of alkyl halides is 9. The van der Waals surface area contributed by atoms with Gasteiger partial charge >= 0.3 is 31.8 Å².